The number of phenols is 1. The van der Waals surface area contributed by atoms with E-state index in [1.165, 1.54) is 12.1 Å². The van der Waals surface area contributed by atoms with Crippen LogP contribution in [0.5, 0.6) is 5.75 Å². The number of ether oxygens (including phenoxy) is 1. The molecule has 0 saturated carbocycles. The maximum Gasteiger partial charge on any atom is 0.257 e. The van der Waals surface area contributed by atoms with Crippen molar-refractivity contribution in [3.8, 4) is 5.75 Å². The average Bonchev–Trinajstić information content (AvgIpc) is 2.32. The van der Waals surface area contributed by atoms with E-state index in [2.05, 4.69) is 0 Å². The summed E-state index contributed by atoms with van der Waals surface area (Å²) >= 11 is 5.79. The third-order valence-corrected chi connectivity index (χ3v) is 2.72. The highest BCUT2D eigenvalue weighted by Gasteiger charge is 2.21. The molecular formula is C11H12ClNO3. The minimum atomic E-state index is -0.205. The van der Waals surface area contributed by atoms with Crippen molar-refractivity contribution >= 4 is 17.5 Å². The molecule has 0 spiro atoms. The van der Waals surface area contributed by atoms with Gasteiger partial charge in [-0.15, -0.1) is 0 Å². The molecule has 0 unspecified atom stereocenters. The van der Waals surface area contributed by atoms with Gasteiger partial charge in [-0.05, 0) is 18.2 Å². The Morgan fingerprint density at radius 1 is 1.38 bits per heavy atom. The zero-order chi connectivity index (χ0) is 11.5. The van der Waals surface area contributed by atoms with Crippen LogP contribution in [0.2, 0.25) is 5.02 Å². The molecule has 1 aromatic rings. The number of halogens is 1. The number of morpholine rings is 1. The van der Waals surface area contributed by atoms with Crippen molar-refractivity contribution in [2.24, 2.45) is 0 Å². The summed E-state index contributed by atoms with van der Waals surface area (Å²) in [5, 5.41) is 10.0. The highest BCUT2D eigenvalue weighted by Crippen LogP contribution is 2.23. The number of amides is 1. The Labute approximate surface area is 98.4 Å². The zero-order valence-electron chi connectivity index (χ0n) is 8.65. The van der Waals surface area contributed by atoms with Crippen molar-refractivity contribution in [1.82, 2.24) is 4.90 Å². The zero-order valence-corrected chi connectivity index (χ0v) is 9.41. The normalized spacial score (nSPS) is 16.2. The van der Waals surface area contributed by atoms with Crippen LogP contribution >= 0.6 is 11.6 Å². The molecule has 0 atom stereocenters. The predicted octanol–water partition coefficient (Wildman–Crippen LogP) is 1.52. The van der Waals surface area contributed by atoms with Crippen LogP contribution in [0.1, 0.15) is 10.4 Å². The van der Waals surface area contributed by atoms with Gasteiger partial charge in [0.1, 0.15) is 5.75 Å². The fourth-order valence-corrected chi connectivity index (χ4v) is 1.79. The molecule has 16 heavy (non-hydrogen) atoms. The molecule has 1 aromatic carbocycles. The number of nitrogens with zero attached hydrogens (tertiary/aromatic N) is 1. The Kier molecular flexibility index (Phi) is 3.31. The predicted molar refractivity (Wildman–Crippen MR) is 59.8 cm³/mol. The maximum atomic E-state index is 12.0. The van der Waals surface area contributed by atoms with Gasteiger partial charge in [-0.2, -0.15) is 0 Å². The van der Waals surface area contributed by atoms with Crippen LogP contribution in [-0.4, -0.2) is 42.2 Å². The first-order valence-electron chi connectivity index (χ1n) is 5.04. The second-order valence-corrected chi connectivity index (χ2v) is 4.00. The van der Waals surface area contributed by atoms with Crippen LogP contribution in [0.3, 0.4) is 0 Å². The average molecular weight is 242 g/mol. The number of carbonyl (C=O) groups excluding carboxylic acids is 1. The first kappa shape index (κ1) is 11.2. The number of hydrogen-bond acceptors (Lipinski definition) is 3. The number of carbonyl (C=O) groups is 1. The summed E-state index contributed by atoms with van der Waals surface area (Å²) in [6, 6.07) is 4.46. The van der Waals surface area contributed by atoms with Crippen molar-refractivity contribution in [2.75, 3.05) is 26.3 Å². The van der Waals surface area contributed by atoms with Gasteiger partial charge in [-0.1, -0.05) is 11.6 Å². The summed E-state index contributed by atoms with van der Waals surface area (Å²) in [6.07, 6.45) is 0. The van der Waals surface area contributed by atoms with E-state index in [1.54, 1.807) is 11.0 Å². The summed E-state index contributed by atoms with van der Waals surface area (Å²) in [5.41, 5.74) is 0.245. The van der Waals surface area contributed by atoms with Gasteiger partial charge in [0.05, 0.1) is 18.8 Å². The maximum absolute atomic E-state index is 12.0. The van der Waals surface area contributed by atoms with E-state index in [9.17, 15) is 9.90 Å². The van der Waals surface area contributed by atoms with E-state index in [1.807, 2.05) is 0 Å². The van der Waals surface area contributed by atoms with Gasteiger partial charge < -0.3 is 14.7 Å². The smallest absolute Gasteiger partial charge is 0.257 e. The monoisotopic (exact) mass is 241 g/mol. The van der Waals surface area contributed by atoms with E-state index in [4.69, 9.17) is 16.3 Å². The number of aromatic hydroxyl groups is 1. The lowest BCUT2D eigenvalue weighted by Gasteiger charge is -2.27. The second-order valence-electron chi connectivity index (χ2n) is 3.57. The molecule has 0 aliphatic carbocycles. The molecule has 5 heteroatoms. The van der Waals surface area contributed by atoms with Crippen LogP contribution < -0.4 is 0 Å². The molecule has 0 bridgehead atoms. The molecule has 4 nitrogen and oxygen atoms in total. The lowest BCUT2D eigenvalue weighted by Crippen LogP contribution is -2.40. The van der Waals surface area contributed by atoms with Crippen molar-refractivity contribution in [2.45, 2.75) is 0 Å². The minimum Gasteiger partial charge on any atom is -0.507 e. The van der Waals surface area contributed by atoms with Crippen molar-refractivity contribution in [3.05, 3.63) is 28.8 Å². The third-order valence-electron chi connectivity index (χ3n) is 2.49. The quantitative estimate of drug-likeness (QED) is 0.811. The summed E-state index contributed by atoms with van der Waals surface area (Å²) in [7, 11) is 0. The Morgan fingerprint density at radius 3 is 2.75 bits per heavy atom. The van der Waals surface area contributed by atoms with Gasteiger partial charge in [0, 0.05) is 18.1 Å². The molecular weight excluding hydrogens is 230 g/mol. The topological polar surface area (TPSA) is 49.8 Å². The van der Waals surface area contributed by atoms with E-state index in [0.717, 1.165) is 0 Å². The van der Waals surface area contributed by atoms with Gasteiger partial charge in [-0.3, -0.25) is 4.79 Å². The largest absolute Gasteiger partial charge is 0.507 e. The van der Waals surface area contributed by atoms with E-state index in [-0.39, 0.29) is 17.2 Å². The summed E-state index contributed by atoms with van der Waals surface area (Å²) < 4.78 is 5.16. The molecule has 1 saturated heterocycles. The second kappa shape index (κ2) is 4.72. The Hall–Kier alpha value is -1.26. The molecule has 1 N–H and O–H groups in total. The number of hydrogen-bond donors (Lipinski definition) is 1. The highest BCUT2D eigenvalue weighted by molar-refractivity contribution is 6.31. The van der Waals surface area contributed by atoms with Crippen LogP contribution in [0.25, 0.3) is 0 Å². The molecule has 1 heterocycles. The summed E-state index contributed by atoms with van der Waals surface area (Å²) in [4.78, 5) is 13.7. The number of phenolic OH excluding ortho intramolecular Hbond substituents is 1. The van der Waals surface area contributed by atoms with Crippen molar-refractivity contribution < 1.29 is 14.6 Å². The highest BCUT2D eigenvalue weighted by atomic mass is 35.5. The minimum absolute atomic E-state index is 0.0408. The van der Waals surface area contributed by atoms with E-state index < -0.39 is 0 Å². The SMILES string of the molecule is O=C(c1cc(Cl)ccc1O)N1CCOCC1. The van der Waals surface area contributed by atoms with Crippen LogP contribution in [0.4, 0.5) is 0 Å². The molecule has 1 amide bonds. The van der Waals surface area contributed by atoms with Crippen LogP contribution in [-0.2, 0) is 4.74 Å². The first-order chi connectivity index (χ1) is 7.68. The molecule has 1 aliphatic heterocycles. The van der Waals surface area contributed by atoms with E-state index >= 15 is 0 Å². The van der Waals surface area contributed by atoms with Gasteiger partial charge >= 0.3 is 0 Å². The first-order valence-corrected chi connectivity index (χ1v) is 5.42. The fraction of sp³-hybridized carbons (Fsp3) is 0.364. The Bertz CT molecular complexity index is 402. The number of benzene rings is 1. The van der Waals surface area contributed by atoms with Crippen LogP contribution in [0.15, 0.2) is 18.2 Å². The standard InChI is InChI=1S/C11H12ClNO3/c12-8-1-2-10(14)9(7-8)11(15)13-3-5-16-6-4-13/h1-2,7,14H,3-6H2. The molecule has 0 radical (unpaired) electrons. The molecule has 86 valence electrons. The van der Waals surface area contributed by atoms with Gasteiger partial charge in [0.25, 0.3) is 5.91 Å². The van der Waals surface area contributed by atoms with Gasteiger partial charge in [0.15, 0.2) is 0 Å². The molecule has 1 aliphatic rings. The lowest BCUT2D eigenvalue weighted by atomic mass is 10.1. The lowest BCUT2D eigenvalue weighted by molar-refractivity contribution is 0.0301. The fourth-order valence-electron chi connectivity index (χ4n) is 1.62. The van der Waals surface area contributed by atoms with Gasteiger partial charge in [-0.25, -0.2) is 0 Å². The Balaban J connectivity index is 2.22. The molecule has 1 fully saturated rings. The van der Waals surface area contributed by atoms with Crippen LogP contribution in [0, 0.1) is 0 Å². The van der Waals surface area contributed by atoms with Crippen molar-refractivity contribution in [1.29, 1.82) is 0 Å². The third kappa shape index (κ3) is 2.28. The Morgan fingerprint density at radius 2 is 2.06 bits per heavy atom. The molecule has 2 rings (SSSR count). The number of rotatable bonds is 1. The van der Waals surface area contributed by atoms with Gasteiger partial charge in [0.2, 0.25) is 0 Å². The van der Waals surface area contributed by atoms with Crippen molar-refractivity contribution in [3.63, 3.8) is 0 Å². The molecule has 0 aromatic heterocycles. The summed E-state index contributed by atoms with van der Waals surface area (Å²) in [5.74, 6) is -0.246. The summed E-state index contributed by atoms with van der Waals surface area (Å²) in [6.45, 7) is 2.16. The van der Waals surface area contributed by atoms with E-state index in [0.29, 0.717) is 31.3 Å².